The van der Waals surface area contributed by atoms with Crippen LogP contribution < -0.4 is 10.2 Å². The molecule has 2 aromatic carbocycles. The van der Waals surface area contributed by atoms with Crippen LogP contribution in [0.25, 0.3) is 0 Å². The van der Waals surface area contributed by atoms with Gasteiger partial charge in [0.15, 0.2) is 6.54 Å². The molecule has 0 saturated heterocycles. The molecule has 2 N–H and O–H groups in total. The topological polar surface area (TPSA) is 53.9 Å². The van der Waals surface area contributed by atoms with Gasteiger partial charge >= 0.3 is 0 Å². The van der Waals surface area contributed by atoms with Crippen molar-refractivity contribution in [3.63, 3.8) is 0 Å². The highest BCUT2D eigenvalue weighted by Gasteiger charge is 2.18. The Morgan fingerprint density at radius 3 is 2.46 bits per heavy atom. The molecule has 1 unspecified atom stereocenters. The Bertz CT molecular complexity index is 768. The maximum atomic E-state index is 12.9. The van der Waals surface area contributed by atoms with E-state index in [0.717, 1.165) is 10.5 Å². The monoisotopic (exact) mass is 378 g/mol. The van der Waals surface area contributed by atoms with Crippen LogP contribution in [-0.4, -0.2) is 43.9 Å². The number of para-hydroxylation sites is 1. The van der Waals surface area contributed by atoms with Crippen LogP contribution in [0.4, 0.5) is 10.1 Å². The maximum absolute atomic E-state index is 12.9. The Morgan fingerprint density at radius 2 is 1.81 bits per heavy atom. The Morgan fingerprint density at radius 1 is 1.15 bits per heavy atom. The van der Waals surface area contributed by atoms with Gasteiger partial charge in [0.2, 0.25) is 5.91 Å². The van der Waals surface area contributed by atoms with Crippen molar-refractivity contribution in [1.29, 1.82) is 0 Å². The third-order valence-electron chi connectivity index (χ3n) is 3.83. The fourth-order valence-electron chi connectivity index (χ4n) is 2.46. The van der Waals surface area contributed by atoms with E-state index in [0.29, 0.717) is 17.3 Å². The van der Waals surface area contributed by atoms with Crippen molar-refractivity contribution >= 4 is 29.1 Å². The number of rotatable bonds is 7. The average Bonchev–Trinajstić information content (AvgIpc) is 2.58. The van der Waals surface area contributed by atoms with E-state index in [-0.39, 0.29) is 30.7 Å². The molecule has 0 aromatic heterocycles. The summed E-state index contributed by atoms with van der Waals surface area (Å²) in [4.78, 5) is 26.7. The van der Waals surface area contributed by atoms with Crippen LogP contribution in [0, 0.1) is 5.82 Å². The summed E-state index contributed by atoms with van der Waals surface area (Å²) in [6.07, 6.45) is 0. The van der Waals surface area contributed by atoms with Crippen LogP contribution in [0.1, 0.15) is 5.56 Å². The van der Waals surface area contributed by atoms with E-state index in [9.17, 15) is 14.0 Å². The fraction of sp³-hybridized carbons (Fsp3) is 0.263. The Kier molecular flexibility index (Phi) is 7.12. The molecule has 2 rings (SSSR count). The van der Waals surface area contributed by atoms with Crippen molar-refractivity contribution in [2.24, 2.45) is 0 Å². The lowest BCUT2D eigenvalue weighted by Crippen LogP contribution is -3.08. The lowest BCUT2D eigenvalue weighted by molar-refractivity contribution is -0.885. The van der Waals surface area contributed by atoms with Crippen molar-refractivity contribution in [1.82, 2.24) is 4.90 Å². The van der Waals surface area contributed by atoms with Crippen molar-refractivity contribution < 1.29 is 18.9 Å². The zero-order chi connectivity index (χ0) is 19.1. The van der Waals surface area contributed by atoms with E-state index >= 15 is 0 Å². The molecule has 0 aliphatic carbocycles. The number of halogens is 2. The van der Waals surface area contributed by atoms with Gasteiger partial charge in [0.05, 0.1) is 24.3 Å². The fourth-order valence-corrected chi connectivity index (χ4v) is 2.65. The van der Waals surface area contributed by atoms with E-state index in [1.807, 2.05) is 7.05 Å². The molecule has 2 amide bonds. The summed E-state index contributed by atoms with van der Waals surface area (Å²) in [7, 11) is 3.46. The van der Waals surface area contributed by atoms with Crippen molar-refractivity contribution in [3.8, 4) is 0 Å². The second-order valence-corrected chi connectivity index (χ2v) is 6.62. The normalized spacial score (nSPS) is 11.7. The number of hydrogen-bond donors (Lipinski definition) is 2. The predicted molar refractivity (Wildman–Crippen MR) is 99.6 cm³/mol. The molecule has 7 heteroatoms. The minimum atomic E-state index is -0.315. The van der Waals surface area contributed by atoms with Crippen LogP contribution in [0.5, 0.6) is 0 Å². The van der Waals surface area contributed by atoms with Gasteiger partial charge in [0.25, 0.3) is 5.91 Å². The molecule has 2 aromatic rings. The number of hydrogen-bond acceptors (Lipinski definition) is 2. The molecule has 26 heavy (non-hydrogen) atoms. The standard InChI is InChI=1S/C19H21ClFN3O2/c1-23(11-14-7-9-15(21)10-8-14)13-19(26)24(2)12-18(25)22-17-6-4-3-5-16(17)20/h3-10H,11-13H2,1-2H3,(H,22,25)/p+1. The molecule has 0 bridgehead atoms. The first-order valence-electron chi connectivity index (χ1n) is 8.19. The minimum absolute atomic E-state index is 0.0616. The van der Waals surface area contributed by atoms with Gasteiger partial charge in [0.1, 0.15) is 12.4 Å². The van der Waals surface area contributed by atoms with Crippen LogP contribution >= 0.6 is 11.6 Å². The summed E-state index contributed by atoms with van der Waals surface area (Å²) >= 11 is 6.00. The van der Waals surface area contributed by atoms with E-state index in [1.165, 1.54) is 17.0 Å². The summed E-state index contributed by atoms with van der Waals surface area (Å²) in [6.45, 7) is 0.757. The number of nitrogens with one attached hydrogen (secondary N) is 2. The summed E-state index contributed by atoms with van der Waals surface area (Å²) < 4.78 is 12.9. The highest BCUT2D eigenvalue weighted by molar-refractivity contribution is 6.33. The molecule has 0 heterocycles. The predicted octanol–water partition coefficient (Wildman–Crippen LogP) is 1.59. The smallest absolute Gasteiger partial charge is 0.277 e. The van der Waals surface area contributed by atoms with Gasteiger partial charge in [-0.1, -0.05) is 35.9 Å². The number of carbonyl (C=O) groups excluding carboxylic acids is 2. The van der Waals surface area contributed by atoms with Crippen LogP contribution in [-0.2, 0) is 16.1 Å². The van der Waals surface area contributed by atoms with Crippen LogP contribution in [0.15, 0.2) is 48.5 Å². The van der Waals surface area contributed by atoms with Crippen molar-refractivity contribution in [2.75, 3.05) is 32.5 Å². The minimum Gasteiger partial charge on any atom is -0.332 e. The van der Waals surface area contributed by atoms with Gasteiger partial charge in [-0.05, 0) is 24.3 Å². The molecular formula is C19H22ClFN3O2+. The van der Waals surface area contributed by atoms with E-state index in [4.69, 9.17) is 11.6 Å². The van der Waals surface area contributed by atoms with Gasteiger partial charge in [0, 0.05) is 12.6 Å². The lowest BCUT2D eigenvalue weighted by atomic mass is 10.2. The Labute approximate surface area is 157 Å². The Balaban J connectivity index is 1.81. The largest absolute Gasteiger partial charge is 0.332 e. The first-order valence-corrected chi connectivity index (χ1v) is 8.57. The SMILES string of the molecule is CN(CC(=O)Nc1ccccc1Cl)C(=O)C[NH+](C)Cc1ccc(F)cc1. The summed E-state index contributed by atoms with van der Waals surface area (Å²) in [5, 5.41) is 3.13. The number of carbonyl (C=O) groups is 2. The Hall–Kier alpha value is -2.44. The molecule has 0 radical (unpaired) electrons. The maximum Gasteiger partial charge on any atom is 0.277 e. The highest BCUT2D eigenvalue weighted by Crippen LogP contribution is 2.20. The van der Waals surface area contributed by atoms with Gasteiger partial charge in [-0.15, -0.1) is 0 Å². The summed E-state index contributed by atoms with van der Waals surface area (Å²) in [5.41, 5.74) is 1.45. The summed E-state index contributed by atoms with van der Waals surface area (Å²) in [6, 6.07) is 13.1. The van der Waals surface area contributed by atoms with Crippen LogP contribution in [0.2, 0.25) is 5.02 Å². The van der Waals surface area contributed by atoms with Gasteiger partial charge in [-0.3, -0.25) is 9.59 Å². The van der Waals surface area contributed by atoms with Gasteiger partial charge < -0.3 is 15.1 Å². The van der Waals surface area contributed by atoms with Gasteiger partial charge in [-0.25, -0.2) is 4.39 Å². The molecule has 0 fully saturated rings. The highest BCUT2D eigenvalue weighted by atomic mass is 35.5. The first kappa shape index (κ1) is 19.9. The number of amides is 2. The number of likely N-dealkylation sites (N-methyl/N-ethyl adjacent to an activating group) is 2. The van der Waals surface area contributed by atoms with Crippen LogP contribution in [0.3, 0.4) is 0 Å². The number of benzene rings is 2. The molecule has 0 aliphatic rings. The molecular weight excluding hydrogens is 357 g/mol. The van der Waals surface area contributed by atoms with E-state index in [1.54, 1.807) is 43.4 Å². The lowest BCUT2D eigenvalue weighted by Gasteiger charge is -2.20. The first-order chi connectivity index (χ1) is 12.3. The second-order valence-electron chi connectivity index (χ2n) is 6.21. The van der Waals surface area contributed by atoms with Crippen molar-refractivity contribution in [2.45, 2.75) is 6.54 Å². The van der Waals surface area contributed by atoms with Crippen molar-refractivity contribution in [3.05, 3.63) is 64.9 Å². The molecule has 1 atom stereocenters. The number of nitrogens with zero attached hydrogens (tertiary/aromatic N) is 1. The number of quaternary nitrogens is 1. The summed E-state index contributed by atoms with van der Waals surface area (Å²) in [5.74, 6) is -0.754. The zero-order valence-electron chi connectivity index (χ0n) is 14.8. The third kappa shape index (κ3) is 6.13. The quantitative estimate of drug-likeness (QED) is 0.768. The molecule has 0 saturated carbocycles. The zero-order valence-corrected chi connectivity index (χ0v) is 15.5. The van der Waals surface area contributed by atoms with E-state index < -0.39 is 0 Å². The second kappa shape index (κ2) is 9.31. The molecule has 0 spiro atoms. The number of anilines is 1. The van der Waals surface area contributed by atoms with Gasteiger partial charge in [-0.2, -0.15) is 0 Å². The molecule has 138 valence electrons. The third-order valence-corrected chi connectivity index (χ3v) is 4.16. The molecule has 0 aliphatic heterocycles. The van der Waals surface area contributed by atoms with E-state index in [2.05, 4.69) is 5.32 Å². The average molecular weight is 379 g/mol. The molecule has 5 nitrogen and oxygen atoms in total.